The number of rotatable bonds is 2. The van der Waals surface area contributed by atoms with Crippen molar-refractivity contribution in [3.63, 3.8) is 0 Å². The molecule has 0 aliphatic heterocycles. The van der Waals surface area contributed by atoms with E-state index in [9.17, 15) is 9.18 Å². The first-order valence-electron chi connectivity index (χ1n) is 4.02. The second-order valence-corrected chi connectivity index (χ2v) is 3.78. The Morgan fingerprint density at radius 2 is 2.43 bits per heavy atom. The molecule has 5 heteroatoms. The summed E-state index contributed by atoms with van der Waals surface area (Å²) in [5, 5.41) is 1.90. The molecule has 3 nitrogen and oxygen atoms in total. The summed E-state index contributed by atoms with van der Waals surface area (Å²) in [6.07, 6.45) is 1.59. The smallest absolute Gasteiger partial charge is 0.287 e. The number of H-pyrrole nitrogens is 1. The van der Waals surface area contributed by atoms with E-state index in [0.29, 0.717) is 6.42 Å². The Kier molecular flexibility index (Phi) is 2.41. The van der Waals surface area contributed by atoms with Crippen LogP contribution in [0.3, 0.4) is 0 Å². The Hall–Kier alpha value is -1.49. The van der Waals surface area contributed by atoms with Gasteiger partial charge >= 0.3 is 0 Å². The second kappa shape index (κ2) is 3.71. The number of thiophene rings is 1. The van der Waals surface area contributed by atoms with Crippen molar-refractivity contribution >= 4 is 11.3 Å². The number of aromatic amines is 1. The van der Waals surface area contributed by atoms with Crippen molar-refractivity contribution in [1.29, 1.82) is 0 Å². The van der Waals surface area contributed by atoms with E-state index in [0.717, 1.165) is 4.88 Å². The highest BCUT2D eigenvalue weighted by Crippen LogP contribution is 2.13. The molecule has 14 heavy (non-hydrogen) atoms. The van der Waals surface area contributed by atoms with E-state index in [4.69, 9.17) is 0 Å². The average Bonchev–Trinajstić information content (AvgIpc) is 2.66. The maximum Gasteiger partial charge on any atom is 0.287 e. The Labute approximate surface area is 83.3 Å². The number of halogens is 1. The lowest BCUT2D eigenvalue weighted by atomic mass is 10.2. The molecule has 0 bridgehead atoms. The lowest BCUT2D eigenvalue weighted by molar-refractivity contribution is 0.583. The van der Waals surface area contributed by atoms with Crippen molar-refractivity contribution in [3.8, 4) is 0 Å². The third kappa shape index (κ3) is 1.72. The summed E-state index contributed by atoms with van der Waals surface area (Å²) >= 11 is 1.51. The summed E-state index contributed by atoms with van der Waals surface area (Å²) in [5.41, 5.74) is -0.525. The van der Waals surface area contributed by atoms with Crippen LogP contribution in [0, 0.1) is 5.82 Å². The van der Waals surface area contributed by atoms with Crippen LogP contribution >= 0.6 is 11.3 Å². The molecule has 0 saturated heterocycles. The molecule has 0 aromatic carbocycles. The highest BCUT2D eigenvalue weighted by molar-refractivity contribution is 7.09. The van der Waals surface area contributed by atoms with Gasteiger partial charge in [0.25, 0.3) is 5.56 Å². The molecule has 0 amide bonds. The molecule has 0 fully saturated rings. The molecule has 2 aromatic rings. The number of aromatic nitrogens is 2. The summed E-state index contributed by atoms with van der Waals surface area (Å²) in [7, 11) is 0. The minimum atomic E-state index is -0.791. The van der Waals surface area contributed by atoms with E-state index >= 15 is 0 Å². The normalized spacial score (nSPS) is 10.4. The molecule has 0 atom stereocenters. The van der Waals surface area contributed by atoms with Crippen molar-refractivity contribution in [3.05, 3.63) is 50.6 Å². The fraction of sp³-hybridized carbons (Fsp3) is 0.111. The summed E-state index contributed by atoms with van der Waals surface area (Å²) in [5.74, 6) is -0.791. The van der Waals surface area contributed by atoms with Crippen molar-refractivity contribution in [2.24, 2.45) is 0 Å². The Bertz CT molecular complexity index is 478. The summed E-state index contributed by atoms with van der Waals surface area (Å²) in [4.78, 5) is 17.9. The summed E-state index contributed by atoms with van der Waals surface area (Å²) in [6, 6.07) is 3.76. The minimum absolute atomic E-state index is 0.191. The molecule has 2 rings (SSSR count). The number of hydrogen-bond donors (Lipinski definition) is 1. The maximum absolute atomic E-state index is 13.2. The van der Waals surface area contributed by atoms with Crippen LogP contribution in [-0.2, 0) is 6.42 Å². The van der Waals surface area contributed by atoms with Crippen LogP contribution < -0.4 is 5.56 Å². The fourth-order valence-corrected chi connectivity index (χ4v) is 1.83. The molecule has 0 unspecified atom stereocenters. The van der Waals surface area contributed by atoms with Crippen molar-refractivity contribution in [2.75, 3.05) is 0 Å². The number of nitrogens with zero attached hydrogens (tertiary/aromatic N) is 1. The zero-order chi connectivity index (χ0) is 9.97. The Balaban J connectivity index is 2.34. The van der Waals surface area contributed by atoms with Crippen molar-refractivity contribution in [2.45, 2.75) is 6.42 Å². The topological polar surface area (TPSA) is 45.8 Å². The van der Waals surface area contributed by atoms with Gasteiger partial charge in [-0.25, -0.2) is 4.98 Å². The van der Waals surface area contributed by atoms with Crippen LogP contribution in [0.1, 0.15) is 10.6 Å². The predicted molar refractivity (Wildman–Crippen MR) is 51.9 cm³/mol. The van der Waals surface area contributed by atoms with Gasteiger partial charge < -0.3 is 4.98 Å². The lowest BCUT2D eigenvalue weighted by Crippen LogP contribution is -2.14. The first kappa shape index (κ1) is 9.08. The highest BCUT2D eigenvalue weighted by Gasteiger charge is 2.08. The number of nitrogens with one attached hydrogen (secondary N) is 1. The van der Waals surface area contributed by atoms with Gasteiger partial charge in [0.2, 0.25) is 5.82 Å². The van der Waals surface area contributed by atoms with Gasteiger partial charge in [-0.2, -0.15) is 4.39 Å². The molecular formula is C9H7FN2OS. The SMILES string of the molecule is O=c1[nH]cnc(Cc2cccs2)c1F. The van der Waals surface area contributed by atoms with Gasteiger partial charge in [0.05, 0.1) is 12.0 Å². The van der Waals surface area contributed by atoms with E-state index in [1.165, 1.54) is 17.7 Å². The standard InChI is InChI=1S/C9H7FN2OS/c10-8-7(11-5-12-9(8)13)4-6-2-1-3-14-6/h1-3,5H,4H2,(H,11,12,13). The van der Waals surface area contributed by atoms with Crippen LogP contribution in [0.5, 0.6) is 0 Å². The fourth-order valence-electron chi connectivity index (χ4n) is 1.12. The van der Waals surface area contributed by atoms with Crippen LogP contribution in [0.25, 0.3) is 0 Å². The van der Waals surface area contributed by atoms with Crippen molar-refractivity contribution < 1.29 is 4.39 Å². The molecule has 2 aromatic heterocycles. The van der Waals surface area contributed by atoms with Crippen LogP contribution in [0.4, 0.5) is 4.39 Å². The first-order valence-corrected chi connectivity index (χ1v) is 4.90. The molecular weight excluding hydrogens is 203 g/mol. The zero-order valence-electron chi connectivity index (χ0n) is 7.16. The maximum atomic E-state index is 13.2. The van der Waals surface area contributed by atoms with Gasteiger partial charge in [-0.3, -0.25) is 4.79 Å². The number of hydrogen-bond acceptors (Lipinski definition) is 3. The van der Waals surface area contributed by atoms with E-state index in [1.807, 2.05) is 17.5 Å². The monoisotopic (exact) mass is 210 g/mol. The molecule has 0 spiro atoms. The van der Waals surface area contributed by atoms with Gasteiger partial charge in [-0.05, 0) is 11.4 Å². The molecule has 0 radical (unpaired) electrons. The second-order valence-electron chi connectivity index (χ2n) is 2.75. The summed E-state index contributed by atoms with van der Waals surface area (Å²) < 4.78 is 13.2. The van der Waals surface area contributed by atoms with E-state index in [-0.39, 0.29) is 5.69 Å². The third-order valence-electron chi connectivity index (χ3n) is 1.79. The zero-order valence-corrected chi connectivity index (χ0v) is 7.97. The Morgan fingerprint density at radius 1 is 1.57 bits per heavy atom. The molecule has 0 aliphatic rings. The Morgan fingerprint density at radius 3 is 3.14 bits per heavy atom. The summed E-state index contributed by atoms with van der Waals surface area (Å²) in [6.45, 7) is 0. The van der Waals surface area contributed by atoms with E-state index in [2.05, 4.69) is 9.97 Å². The quantitative estimate of drug-likeness (QED) is 0.817. The largest absolute Gasteiger partial charge is 0.311 e. The van der Waals surface area contributed by atoms with Crippen molar-refractivity contribution in [1.82, 2.24) is 9.97 Å². The lowest BCUT2D eigenvalue weighted by Gasteiger charge is -1.97. The van der Waals surface area contributed by atoms with Crippen LogP contribution in [0.2, 0.25) is 0 Å². The van der Waals surface area contributed by atoms with Crippen LogP contribution in [0.15, 0.2) is 28.6 Å². The average molecular weight is 210 g/mol. The first-order chi connectivity index (χ1) is 6.77. The van der Waals surface area contributed by atoms with Gasteiger partial charge in [0, 0.05) is 11.3 Å². The van der Waals surface area contributed by atoms with Gasteiger partial charge in [0.1, 0.15) is 0 Å². The molecule has 1 N–H and O–H groups in total. The van der Waals surface area contributed by atoms with Gasteiger partial charge in [-0.15, -0.1) is 11.3 Å². The van der Waals surface area contributed by atoms with E-state index in [1.54, 1.807) is 0 Å². The minimum Gasteiger partial charge on any atom is -0.311 e. The third-order valence-corrected chi connectivity index (χ3v) is 2.67. The van der Waals surface area contributed by atoms with E-state index < -0.39 is 11.4 Å². The van der Waals surface area contributed by atoms with Crippen LogP contribution in [-0.4, -0.2) is 9.97 Å². The highest BCUT2D eigenvalue weighted by atomic mass is 32.1. The molecule has 0 saturated carbocycles. The molecule has 0 aliphatic carbocycles. The predicted octanol–water partition coefficient (Wildman–Crippen LogP) is 1.56. The van der Waals surface area contributed by atoms with Gasteiger partial charge in [-0.1, -0.05) is 6.07 Å². The molecule has 72 valence electrons. The molecule has 2 heterocycles. The van der Waals surface area contributed by atoms with Gasteiger partial charge in [0.15, 0.2) is 0 Å².